The Hall–Kier alpha value is -0.900. The number of hydrogen-bond acceptors (Lipinski definition) is 3. The summed E-state index contributed by atoms with van der Waals surface area (Å²) in [6.45, 7) is 0.840. The molecule has 1 aliphatic rings. The van der Waals surface area contributed by atoms with Crippen molar-refractivity contribution in [3.8, 4) is 0 Å². The molecule has 3 rings (SSSR count). The molecule has 0 aliphatic heterocycles. The Morgan fingerprint density at radius 1 is 1.41 bits per heavy atom. The standard InChI is InChI=1S/C13H13ClN2S/c14-12-5-9-3-1-2-4-11(9)13(12)16-7-10-6-15-8-17-10/h1-4,6,8,12-13,16H,5,7H2. The molecular formula is C13H13ClN2S. The van der Waals surface area contributed by atoms with E-state index < -0.39 is 0 Å². The van der Waals surface area contributed by atoms with Gasteiger partial charge in [0.2, 0.25) is 0 Å². The minimum Gasteiger partial charge on any atom is -0.304 e. The van der Waals surface area contributed by atoms with Crippen LogP contribution in [-0.4, -0.2) is 10.4 Å². The molecule has 2 aromatic rings. The molecule has 0 radical (unpaired) electrons. The number of thiazole rings is 1. The van der Waals surface area contributed by atoms with Crippen molar-refractivity contribution in [1.82, 2.24) is 10.3 Å². The highest BCUT2D eigenvalue weighted by Crippen LogP contribution is 2.34. The second kappa shape index (κ2) is 4.77. The summed E-state index contributed by atoms with van der Waals surface area (Å²) in [5.74, 6) is 0. The Morgan fingerprint density at radius 3 is 3.12 bits per heavy atom. The van der Waals surface area contributed by atoms with Crippen molar-refractivity contribution >= 4 is 22.9 Å². The van der Waals surface area contributed by atoms with Gasteiger partial charge in [0.15, 0.2) is 0 Å². The summed E-state index contributed by atoms with van der Waals surface area (Å²) in [6, 6.07) is 8.75. The molecule has 1 aliphatic carbocycles. The number of fused-ring (bicyclic) bond motifs is 1. The Morgan fingerprint density at radius 2 is 2.29 bits per heavy atom. The molecule has 2 atom stereocenters. The van der Waals surface area contributed by atoms with Gasteiger partial charge in [-0.25, -0.2) is 0 Å². The average Bonchev–Trinajstić information content (AvgIpc) is 2.93. The van der Waals surface area contributed by atoms with E-state index in [1.54, 1.807) is 11.3 Å². The van der Waals surface area contributed by atoms with Crippen molar-refractivity contribution in [3.05, 3.63) is 52.0 Å². The first kappa shape index (κ1) is 11.2. The number of hydrogen-bond donors (Lipinski definition) is 1. The maximum absolute atomic E-state index is 6.41. The third-order valence-electron chi connectivity index (χ3n) is 3.15. The van der Waals surface area contributed by atoms with Crippen molar-refractivity contribution < 1.29 is 0 Å². The molecule has 4 heteroatoms. The summed E-state index contributed by atoms with van der Waals surface area (Å²) in [4.78, 5) is 5.32. The fourth-order valence-corrected chi connectivity index (χ4v) is 3.26. The molecule has 1 heterocycles. The van der Waals surface area contributed by atoms with Crippen LogP contribution in [0.1, 0.15) is 22.0 Å². The zero-order valence-electron chi connectivity index (χ0n) is 9.27. The van der Waals surface area contributed by atoms with Gasteiger partial charge < -0.3 is 5.32 Å². The zero-order valence-corrected chi connectivity index (χ0v) is 10.8. The molecule has 0 bridgehead atoms. The highest BCUT2D eigenvalue weighted by molar-refractivity contribution is 7.09. The molecule has 0 saturated carbocycles. The van der Waals surface area contributed by atoms with Crippen molar-refractivity contribution in [3.63, 3.8) is 0 Å². The molecule has 0 spiro atoms. The second-order valence-electron chi connectivity index (χ2n) is 4.25. The number of rotatable bonds is 3. The van der Waals surface area contributed by atoms with Gasteiger partial charge in [-0.3, -0.25) is 4.98 Å². The Balaban J connectivity index is 1.75. The molecule has 88 valence electrons. The molecule has 0 amide bonds. The second-order valence-corrected chi connectivity index (χ2v) is 5.78. The van der Waals surface area contributed by atoms with E-state index >= 15 is 0 Å². The van der Waals surface area contributed by atoms with E-state index in [-0.39, 0.29) is 11.4 Å². The lowest BCUT2D eigenvalue weighted by molar-refractivity contribution is 0.539. The molecule has 17 heavy (non-hydrogen) atoms. The summed E-state index contributed by atoms with van der Waals surface area (Å²) in [6.07, 6.45) is 2.86. The number of nitrogens with one attached hydrogen (secondary N) is 1. The van der Waals surface area contributed by atoms with E-state index in [0.717, 1.165) is 13.0 Å². The van der Waals surface area contributed by atoms with E-state index in [4.69, 9.17) is 11.6 Å². The van der Waals surface area contributed by atoms with Crippen LogP contribution in [-0.2, 0) is 13.0 Å². The lowest BCUT2D eigenvalue weighted by Crippen LogP contribution is -2.25. The van der Waals surface area contributed by atoms with Gasteiger partial charge in [0.05, 0.1) is 10.9 Å². The summed E-state index contributed by atoms with van der Waals surface area (Å²) in [5.41, 5.74) is 4.57. The minimum atomic E-state index is 0.153. The third kappa shape index (κ3) is 2.23. The Kier molecular flexibility index (Phi) is 3.14. The van der Waals surface area contributed by atoms with E-state index in [0.29, 0.717) is 0 Å². The SMILES string of the molecule is ClC1Cc2ccccc2C1NCc1cncs1. The molecule has 1 aromatic heterocycles. The van der Waals surface area contributed by atoms with Crippen LogP contribution in [0, 0.1) is 0 Å². The van der Waals surface area contributed by atoms with E-state index in [2.05, 4.69) is 34.6 Å². The predicted octanol–water partition coefficient (Wildman–Crippen LogP) is 3.14. The molecule has 0 fully saturated rings. The van der Waals surface area contributed by atoms with Crippen molar-refractivity contribution in [2.75, 3.05) is 0 Å². The maximum atomic E-state index is 6.41. The van der Waals surface area contributed by atoms with Gasteiger partial charge in [-0.2, -0.15) is 0 Å². The van der Waals surface area contributed by atoms with Gasteiger partial charge in [-0.1, -0.05) is 24.3 Å². The van der Waals surface area contributed by atoms with Gasteiger partial charge in [-0.15, -0.1) is 22.9 Å². The van der Waals surface area contributed by atoms with Gasteiger partial charge >= 0.3 is 0 Å². The van der Waals surface area contributed by atoms with Gasteiger partial charge in [0.1, 0.15) is 0 Å². The first-order valence-corrected chi connectivity index (χ1v) is 6.99. The largest absolute Gasteiger partial charge is 0.304 e. The number of benzene rings is 1. The quantitative estimate of drug-likeness (QED) is 0.862. The monoisotopic (exact) mass is 264 g/mol. The number of aromatic nitrogens is 1. The summed E-state index contributed by atoms with van der Waals surface area (Å²) >= 11 is 8.08. The smallest absolute Gasteiger partial charge is 0.0794 e. The highest BCUT2D eigenvalue weighted by atomic mass is 35.5. The number of alkyl halides is 1. The van der Waals surface area contributed by atoms with Crippen LogP contribution < -0.4 is 5.32 Å². The van der Waals surface area contributed by atoms with Gasteiger partial charge in [0.25, 0.3) is 0 Å². The van der Waals surface area contributed by atoms with E-state index in [9.17, 15) is 0 Å². The molecule has 1 aromatic carbocycles. The van der Waals surface area contributed by atoms with Crippen LogP contribution in [0.15, 0.2) is 36.0 Å². The number of nitrogens with zero attached hydrogens (tertiary/aromatic N) is 1. The average molecular weight is 265 g/mol. The van der Waals surface area contributed by atoms with Crippen LogP contribution in [0.3, 0.4) is 0 Å². The van der Waals surface area contributed by atoms with Crippen LogP contribution in [0.5, 0.6) is 0 Å². The zero-order chi connectivity index (χ0) is 11.7. The van der Waals surface area contributed by atoms with Crippen LogP contribution in [0.2, 0.25) is 0 Å². The fourth-order valence-electron chi connectivity index (χ4n) is 2.32. The summed E-state index contributed by atoms with van der Waals surface area (Å²) in [7, 11) is 0. The van der Waals surface area contributed by atoms with Gasteiger partial charge in [-0.05, 0) is 17.5 Å². The predicted molar refractivity (Wildman–Crippen MR) is 71.5 cm³/mol. The minimum absolute atomic E-state index is 0.153. The molecule has 2 nitrogen and oxygen atoms in total. The first-order chi connectivity index (χ1) is 8.34. The van der Waals surface area contributed by atoms with Crippen molar-refractivity contribution in [1.29, 1.82) is 0 Å². The van der Waals surface area contributed by atoms with Crippen molar-refractivity contribution in [2.24, 2.45) is 0 Å². The molecule has 0 saturated heterocycles. The Bertz CT molecular complexity index is 498. The summed E-state index contributed by atoms with van der Waals surface area (Å²) in [5, 5.41) is 3.68. The molecular weight excluding hydrogens is 252 g/mol. The van der Waals surface area contributed by atoms with E-state index in [1.165, 1.54) is 16.0 Å². The Labute approximate surface area is 110 Å². The topological polar surface area (TPSA) is 24.9 Å². The van der Waals surface area contributed by atoms with Crippen LogP contribution in [0.25, 0.3) is 0 Å². The first-order valence-electron chi connectivity index (χ1n) is 5.67. The van der Waals surface area contributed by atoms with E-state index in [1.807, 2.05) is 11.7 Å². The third-order valence-corrected chi connectivity index (χ3v) is 4.33. The molecule has 1 N–H and O–H groups in total. The lowest BCUT2D eigenvalue weighted by atomic mass is 10.1. The normalized spacial score (nSPS) is 22.6. The van der Waals surface area contributed by atoms with Crippen molar-refractivity contribution in [2.45, 2.75) is 24.4 Å². The highest BCUT2D eigenvalue weighted by Gasteiger charge is 2.30. The lowest BCUT2D eigenvalue weighted by Gasteiger charge is -2.16. The van der Waals surface area contributed by atoms with Crippen LogP contribution in [0.4, 0.5) is 0 Å². The number of halogens is 1. The fraction of sp³-hybridized carbons (Fsp3) is 0.308. The van der Waals surface area contributed by atoms with Gasteiger partial charge in [0, 0.05) is 23.7 Å². The maximum Gasteiger partial charge on any atom is 0.0794 e. The molecule has 2 unspecified atom stereocenters. The summed E-state index contributed by atoms with van der Waals surface area (Å²) < 4.78 is 0. The van der Waals surface area contributed by atoms with Crippen LogP contribution >= 0.6 is 22.9 Å².